The minimum Gasteiger partial charge on any atom is -0.494 e. The molecule has 0 spiro atoms. The van der Waals surface area contributed by atoms with Crippen molar-refractivity contribution in [3.05, 3.63) is 66.2 Å². The predicted molar refractivity (Wildman–Crippen MR) is 122 cm³/mol. The number of carbonyl (C=O) groups is 1. The molecule has 3 aromatic carbocycles. The van der Waals surface area contributed by atoms with Crippen LogP contribution < -0.4 is 14.4 Å². The molecule has 1 atom stereocenters. The molecule has 162 valence electrons. The van der Waals surface area contributed by atoms with Crippen LogP contribution in [0.2, 0.25) is 0 Å². The highest BCUT2D eigenvalue weighted by Crippen LogP contribution is 2.41. The van der Waals surface area contributed by atoms with Crippen molar-refractivity contribution in [3.8, 4) is 5.75 Å². The minimum atomic E-state index is -3.58. The summed E-state index contributed by atoms with van der Waals surface area (Å²) in [6.07, 6.45) is 0.686. The fraction of sp³-hybridized carbons (Fsp3) is 0.292. The summed E-state index contributed by atoms with van der Waals surface area (Å²) in [7, 11) is -3.58. The summed E-state index contributed by atoms with van der Waals surface area (Å²) < 4.78 is 32.9. The van der Waals surface area contributed by atoms with Crippen LogP contribution in [0.1, 0.15) is 38.3 Å². The van der Waals surface area contributed by atoms with Crippen LogP contribution >= 0.6 is 0 Å². The molecule has 31 heavy (non-hydrogen) atoms. The van der Waals surface area contributed by atoms with E-state index in [1.165, 1.54) is 4.31 Å². The molecule has 3 aromatic rings. The van der Waals surface area contributed by atoms with Crippen molar-refractivity contribution in [2.75, 3.05) is 17.5 Å². The molecule has 0 aromatic heterocycles. The number of carbonyl (C=O) groups excluding carboxylic acids is 1. The number of ether oxygens (including phenoxy) is 1. The Bertz CT molecular complexity index is 1200. The molecule has 0 bridgehead atoms. The first kappa shape index (κ1) is 21.2. The van der Waals surface area contributed by atoms with Gasteiger partial charge in [0.15, 0.2) is 0 Å². The van der Waals surface area contributed by atoms with Crippen LogP contribution in [0.3, 0.4) is 0 Å². The summed E-state index contributed by atoms with van der Waals surface area (Å²) in [4.78, 5) is 12.8. The van der Waals surface area contributed by atoms with Crippen molar-refractivity contribution < 1.29 is 17.9 Å². The number of nitrogens with one attached hydrogen (secondary N) is 1. The van der Waals surface area contributed by atoms with E-state index < -0.39 is 10.0 Å². The Morgan fingerprint density at radius 3 is 2.48 bits per heavy atom. The van der Waals surface area contributed by atoms with E-state index in [4.69, 9.17) is 4.74 Å². The fourth-order valence-corrected chi connectivity index (χ4v) is 5.75. The van der Waals surface area contributed by atoms with E-state index in [1.807, 2.05) is 62.4 Å². The van der Waals surface area contributed by atoms with Gasteiger partial charge >= 0.3 is 0 Å². The third kappa shape index (κ3) is 4.10. The molecule has 1 amide bonds. The summed E-state index contributed by atoms with van der Waals surface area (Å²) in [5, 5.41) is 4.65. The number of anilines is 1. The van der Waals surface area contributed by atoms with Crippen LogP contribution in [0.25, 0.3) is 10.8 Å². The van der Waals surface area contributed by atoms with Crippen LogP contribution in [-0.4, -0.2) is 27.5 Å². The van der Waals surface area contributed by atoms with E-state index in [9.17, 15) is 13.2 Å². The van der Waals surface area contributed by atoms with Gasteiger partial charge < -0.3 is 10.1 Å². The van der Waals surface area contributed by atoms with Gasteiger partial charge in [0.25, 0.3) is 10.0 Å². The van der Waals surface area contributed by atoms with Gasteiger partial charge in [-0.15, -0.1) is 0 Å². The average molecular weight is 439 g/mol. The Morgan fingerprint density at radius 1 is 1.06 bits per heavy atom. The zero-order valence-electron chi connectivity index (χ0n) is 17.7. The van der Waals surface area contributed by atoms with Gasteiger partial charge in [0.2, 0.25) is 5.91 Å². The molecule has 6 nitrogen and oxygen atoms in total. The molecular formula is C24H26N2O4S. The largest absolute Gasteiger partial charge is 0.494 e. The van der Waals surface area contributed by atoms with Crippen LogP contribution in [0.4, 0.5) is 5.69 Å². The van der Waals surface area contributed by atoms with E-state index in [0.717, 1.165) is 22.1 Å². The summed E-state index contributed by atoms with van der Waals surface area (Å²) in [5.74, 6) is 0.696. The van der Waals surface area contributed by atoms with Crippen molar-refractivity contribution >= 4 is 32.4 Å². The summed E-state index contributed by atoms with van der Waals surface area (Å²) in [5.41, 5.74) is 1.68. The molecule has 1 aliphatic heterocycles. The second kappa shape index (κ2) is 8.59. The smallest absolute Gasteiger partial charge is 0.265 e. The van der Waals surface area contributed by atoms with E-state index in [1.54, 1.807) is 12.1 Å². The van der Waals surface area contributed by atoms with Gasteiger partial charge in [0, 0.05) is 18.4 Å². The predicted octanol–water partition coefficient (Wildman–Crippen LogP) is 4.40. The van der Waals surface area contributed by atoms with Gasteiger partial charge in [-0.1, -0.05) is 36.4 Å². The molecule has 1 aliphatic rings. The average Bonchev–Trinajstić information content (AvgIpc) is 2.98. The van der Waals surface area contributed by atoms with Gasteiger partial charge in [-0.2, -0.15) is 0 Å². The molecular weight excluding hydrogens is 412 g/mol. The number of rotatable bonds is 8. The maximum absolute atomic E-state index is 13.0. The first-order chi connectivity index (χ1) is 14.9. The molecule has 4 rings (SSSR count). The van der Waals surface area contributed by atoms with E-state index in [0.29, 0.717) is 23.6 Å². The first-order valence-electron chi connectivity index (χ1n) is 10.5. The maximum Gasteiger partial charge on any atom is 0.265 e. The number of hydrogen-bond acceptors (Lipinski definition) is 4. The Morgan fingerprint density at radius 2 is 1.77 bits per heavy atom. The van der Waals surface area contributed by atoms with Gasteiger partial charge in [0.1, 0.15) is 5.75 Å². The first-order valence-corrected chi connectivity index (χ1v) is 11.9. The Hall–Kier alpha value is -3.06. The third-order valence-electron chi connectivity index (χ3n) is 5.51. The summed E-state index contributed by atoms with van der Waals surface area (Å²) in [6.45, 7) is 4.73. The number of sulfonamides is 1. The van der Waals surface area contributed by atoms with E-state index in [2.05, 4.69) is 5.32 Å². The molecule has 1 heterocycles. The number of amides is 1. The molecule has 0 fully saturated rings. The van der Waals surface area contributed by atoms with Crippen molar-refractivity contribution in [1.29, 1.82) is 0 Å². The fourth-order valence-electron chi connectivity index (χ4n) is 4.00. The van der Waals surface area contributed by atoms with Gasteiger partial charge in [-0.25, -0.2) is 8.42 Å². The van der Waals surface area contributed by atoms with Crippen molar-refractivity contribution in [2.45, 2.75) is 37.6 Å². The zero-order chi connectivity index (χ0) is 22.0. The van der Waals surface area contributed by atoms with E-state index in [-0.39, 0.29) is 24.9 Å². The molecule has 0 saturated carbocycles. The SMILES string of the molecule is CCOc1ccc([C@H](C)NC(=O)CCCN2c3cccc4cccc(c34)S2(=O)=O)cc1. The zero-order valence-corrected chi connectivity index (χ0v) is 18.5. The summed E-state index contributed by atoms with van der Waals surface area (Å²) >= 11 is 0. The lowest BCUT2D eigenvalue weighted by Gasteiger charge is -2.19. The van der Waals surface area contributed by atoms with Gasteiger partial charge in [-0.3, -0.25) is 9.10 Å². The second-order valence-electron chi connectivity index (χ2n) is 7.60. The lowest BCUT2D eigenvalue weighted by Crippen LogP contribution is -2.30. The number of nitrogens with zero attached hydrogens (tertiary/aromatic N) is 1. The number of benzene rings is 3. The molecule has 0 saturated heterocycles. The summed E-state index contributed by atoms with van der Waals surface area (Å²) in [6, 6.07) is 18.4. The van der Waals surface area contributed by atoms with Crippen molar-refractivity contribution in [2.24, 2.45) is 0 Å². The highest BCUT2D eigenvalue weighted by atomic mass is 32.2. The van der Waals surface area contributed by atoms with Gasteiger partial charge in [-0.05, 0) is 55.5 Å². The topological polar surface area (TPSA) is 75.7 Å². The van der Waals surface area contributed by atoms with Gasteiger partial charge in [0.05, 0.1) is 23.2 Å². The minimum absolute atomic E-state index is 0.103. The van der Waals surface area contributed by atoms with Crippen LogP contribution in [-0.2, 0) is 14.8 Å². The Balaban J connectivity index is 1.36. The van der Waals surface area contributed by atoms with Crippen LogP contribution in [0.15, 0.2) is 65.6 Å². The second-order valence-corrected chi connectivity index (χ2v) is 9.43. The normalized spacial score (nSPS) is 15.1. The molecule has 0 aliphatic carbocycles. The quantitative estimate of drug-likeness (QED) is 0.565. The lowest BCUT2D eigenvalue weighted by molar-refractivity contribution is -0.121. The molecule has 1 N–H and O–H groups in total. The van der Waals surface area contributed by atoms with Crippen molar-refractivity contribution in [3.63, 3.8) is 0 Å². The standard InChI is InChI=1S/C24H26N2O4S/c1-3-30-20-14-12-18(13-15-20)17(2)25-23(27)11-6-16-26-21-9-4-7-19-8-5-10-22(24(19)21)31(26,28)29/h4-5,7-10,12-15,17H,3,6,11,16H2,1-2H3,(H,25,27)/t17-/m0/s1. The Labute approximate surface area is 182 Å². The maximum atomic E-state index is 13.0. The van der Waals surface area contributed by atoms with Crippen LogP contribution in [0.5, 0.6) is 5.75 Å². The third-order valence-corrected chi connectivity index (χ3v) is 7.37. The highest BCUT2D eigenvalue weighted by Gasteiger charge is 2.35. The van der Waals surface area contributed by atoms with E-state index >= 15 is 0 Å². The molecule has 0 radical (unpaired) electrons. The Kier molecular flexibility index (Phi) is 5.87. The van der Waals surface area contributed by atoms with Crippen molar-refractivity contribution in [1.82, 2.24) is 5.32 Å². The monoisotopic (exact) mass is 438 g/mol. The van der Waals surface area contributed by atoms with Crippen LogP contribution in [0, 0.1) is 0 Å². The molecule has 7 heteroatoms. The molecule has 0 unspecified atom stereocenters. The highest BCUT2D eigenvalue weighted by molar-refractivity contribution is 7.93. The lowest BCUT2D eigenvalue weighted by atomic mass is 10.1. The number of hydrogen-bond donors (Lipinski definition) is 1.